The average molecular weight is 356 g/mol. The number of nitrogens with one attached hydrogen (secondary N) is 1. The van der Waals surface area contributed by atoms with Gasteiger partial charge in [0.15, 0.2) is 0 Å². The molecule has 0 aliphatic heterocycles. The second-order valence-electron chi connectivity index (χ2n) is 6.00. The largest absolute Gasteiger partial charge is 0.391 e. The Bertz CT molecular complexity index is 983. The highest BCUT2D eigenvalue weighted by atomic mass is 16.2. The van der Waals surface area contributed by atoms with Crippen LogP contribution in [0.1, 0.15) is 30.5 Å². The summed E-state index contributed by atoms with van der Waals surface area (Å²) < 4.78 is 2.32. The van der Waals surface area contributed by atoms with Gasteiger partial charge in [-0.05, 0) is 50.5 Å². The van der Waals surface area contributed by atoms with Crippen molar-refractivity contribution in [2.24, 2.45) is 0 Å². The first-order valence-electron chi connectivity index (χ1n) is 8.49. The van der Waals surface area contributed by atoms with E-state index in [0.29, 0.717) is 0 Å². The molecular formula is C19H24N4O3. The Kier molecular flexibility index (Phi) is 5.82. The number of benzene rings is 1. The summed E-state index contributed by atoms with van der Waals surface area (Å²) >= 11 is 0. The molecule has 2 aromatic rings. The lowest BCUT2D eigenvalue weighted by Gasteiger charge is -2.15. The molecule has 138 valence electrons. The van der Waals surface area contributed by atoms with Crippen LogP contribution in [0.3, 0.4) is 0 Å². The molecule has 0 saturated carbocycles. The number of nitrogen functional groups attached to an aromatic ring is 1. The summed E-state index contributed by atoms with van der Waals surface area (Å²) in [7, 11) is 0. The van der Waals surface area contributed by atoms with Crippen molar-refractivity contribution in [3.05, 3.63) is 61.8 Å². The summed E-state index contributed by atoms with van der Waals surface area (Å²) in [5, 5.41) is 2.56. The Balaban J connectivity index is 2.34. The predicted molar refractivity (Wildman–Crippen MR) is 104 cm³/mol. The summed E-state index contributed by atoms with van der Waals surface area (Å²) in [6.45, 7) is 7.93. The number of aromatic nitrogens is 2. The predicted octanol–water partition coefficient (Wildman–Crippen LogP) is 1.90. The molecule has 26 heavy (non-hydrogen) atoms. The summed E-state index contributed by atoms with van der Waals surface area (Å²) in [5.41, 5.74) is 7.79. The van der Waals surface area contributed by atoms with Crippen LogP contribution >= 0.6 is 0 Å². The topological polar surface area (TPSA) is 99.1 Å². The fourth-order valence-electron chi connectivity index (χ4n) is 2.63. The molecule has 0 spiro atoms. The van der Waals surface area contributed by atoms with Gasteiger partial charge < -0.3 is 11.1 Å². The van der Waals surface area contributed by atoms with E-state index < -0.39 is 17.2 Å². The van der Waals surface area contributed by atoms with Crippen LogP contribution in [0.25, 0.3) is 6.08 Å². The second-order valence-corrected chi connectivity index (χ2v) is 6.00. The fraction of sp³-hybridized carbons (Fsp3) is 0.316. The molecule has 0 radical (unpaired) electrons. The van der Waals surface area contributed by atoms with Crippen molar-refractivity contribution >= 4 is 23.5 Å². The van der Waals surface area contributed by atoms with Crippen LogP contribution < -0.4 is 22.3 Å². The lowest BCUT2D eigenvalue weighted by atomic mass is 10.1. The minimum atomic E-state index is -0.601. The van der Waals surface area contributed by atoms with Gasteiger partial charge in [0, 0.05) is 19.2 Å². The van der Waals surface area contributed by atoms with Crippen LogP contribution in [0.15, 0.2) is 33.9 Å². The molecule has 0 aliphatic rings. The van der Waals surface area contributed by atoms with Gasteiger partial charge in [-0.15, -0.1) is 0 Å². The molecule has 0 atom stereocenters. The van der Waals surface area contributed by atoms with Crippen molar-refractivity contribution in [2.45, 2.75) is 40.8 Å². The molecule has 0 fully saturated rings. The highest BCUT2D eigenvalue weighted by Crippen LogP contribution is 2.13. The zero-order valence-electron chi connectivity index (χ0n) is 15.5. The molecular weight excluding hydrogens is 332 g/mol. The first-order valence-corrected chi connectivity index (χ1v) is 8.49. The van der Waals surface area contributed by atoms with Gasteiger partial charge in [0.1, 0.15) is 11.5 Å². The Morgan fingerprint density at radius 2 is 1.77 bits per heavy atom. The number of hydrogen-bond donors (Lipinski definition) is 2. The number of carbonyl (C=O) groups is 1. The van der Waals surface area contributed by atoms with Gasteiger partial charge in [0.2, 0.25) is 5.91 Å². The van der Waals surface area contributed by atoms with Crippen molar-refractivity contribution in [1.82, 2.24) is 9.13 Å². The molecule has 3 N–H and O–H groups in total. The normalized spacial score (nSPS) is 11.1. The van der Waals surface area contributed by atoms with Gasteiger partial charge in [-0.1, -0.05) is 18.2 Å². The maximum Gasteiger partial charge on any atom is 0.332 e. The molecule has 1 aromatic heterocycles. The third-order valence-electron chi connectivity index (χ3n) is 4.29. The summed E-state index contributed by atoms with van der Waals surface area (Å²) in [4.78, 5) is 36.8. The maximum absolute atomic E-state index is 12.4. The summed E-state index contributed by atoms with van der Waals surface area (Å²) in [5.74, 6) is -0.438. The van der Waals surface area contributed by atoms with Gasteiger partial charge in [0.25, 0.3) is 5.56 Å². The van der Waals surface area contributed by atoms with Gasteiger partial charge >= 0.3 is 5.69 Å². The van der Waals surface area contributed by atoms with Crippen molar-refractivity contribution in [3.8, 4) is 0 Å². The average Bonchev–Trinajstić information content (AvgIpc) is 2.61. The summed E-state index contributed by atoms with van der Waals surface area (Å²) in [6.07, 6.45) is 3.01. The number of anilines is 2. The first-order chi connectivity index (χ1) is 12.3. The number of aryl methyl sites for hydroxylation is 2. The van der Waals surface area contributed by atoms with E-state index in [1.54, 1.807) is 19.9 Å². The number of hydrogen-bond acceptors (Lipinski definition) is 4. The highest BCUT2D eigenvalue weighted by Gasteiger charge is 2.16. The SMILES string of the molecule is CCn1c(NC(=O)/C=C/c2ccc(C)c(C)c2)c(N)c(=O)n(CC)c1=O. The van der Waals surface area contributed by atoms with Crippen molar-refractivity contribution in [1.29, 1.82) is 0 Å². The number of nitrogens with two attached hydrogens (primary N) is 1. The van der Waals surface area contributed by atoms with Crippen LogP contribution in [0.2, 0.25) is 0 Å². The number of amides is 1. The zero-order valence-corrected chi connectivity index (χ0v) is 15.5. The van der Waals surface area contributed by atoms with Crippen LogP contribution in [-0.4, -0.2) is 15.0 Å². The van der Waals surface area contributed by atoms with E-state index in [2.05, 4.69) is 5.32 Å². The molecule has 1 amide bonds. The van der Waals surface area contributed by atoms with Crippen molar-refractivity contribution in [3.63, 3.8) is 0 Å². The number of nitrogens with zero attached hydrogens (tertiary/aromatic N) is 2. The first kappa shape index (κ1) is 19.2. The molecule has 1 heterocycles. The number of rotatable bonds is 5. The lowest BCUT2D eigenvalue weighted by molar-refractivity contribution is -0.111. The second kappa shape index (κ2) is 7.86. The van der Waals surface area contributed by atoms with Gasteiger partial charge in [0.05, 0.1) is 0 Å². The Morgan fingerprint density at radius 3 is 2.35 bits per heavy atom. The van der Waals surface area contributed by atoms with Gasteiger partial charge in [-0.3, -0.25) is 18.7 Å². The molecule has 0 aliphatic carbocycles. The highest BCUT2D eigenvalue weighted by molar-refractivity contribution is 6.02. The Labute approximate surface area is 151 Å². The molecule has 1 aromatic carbocycles. The summed E-state index contributed by atoms with van der Waals surface area (Å²) in [6, 6.07) is 5.85. The molecule has 2 rings (SSSR count). The van der Waals surface area contributed by atoms with E-state index in [4.69, 9.17) is 5.73 Å². The smallest absolute Gasteiger partial charge is 0.332 e. The zero-order chi connectivity index (χ0) is 19.4. The van der Waals surface area contributed by atoms with E-state index in [-0.39, 0.29) is 24.6 Å². The van der Waals surface area contributed by atoms with Crippen LogP contribution in [-0.2, 0) is 17.9 Å². The van der Waals surface area contributed by atoms with Crippen LogP contribution in [0.5, 0.6) is 0 Å². The third-order valence-corrected chi connectivity index (χ3v) is 4.29. The van der Waals surface area contributed by atoms with Crippen molar-refractivity contribution < 1.29 is 4.79 Å². The van der Waals surface area contributed by atoms with Crippen molar-refractivity contribution in [2.75, 3.05) is 11.1 Å². The minimum Gasteiger partial charge on any atom is -0.391 e. The molecule has 0 unspecified atom stereocenters. The minimum absolute atomic E-state index is 0.0296. The van der Waals surface area contributed by atoms with Crippen LogP contribution in [0, 0.1) is 13.8 Å². The van der Waals surface area contributed by atoms with E-state index in [0.717, 1.165) is 15.7 Å². The van der Waals surface area contributed by atoms with E-state index in [1.807, 2.05) is 32.0 Å². The monoisotopic (exact) mass is 356 g/mol. The molecule has 0 bridgehead atoms. The lowest BCUT2D eigenvalue weighted by Crippen LogP contribution is -2.42. The fourth-order valence-corrected chi connectivity index (χ4v) is 2.63. The molecule has 7 nitrogen and oxygen atoms in total. The van der Waals surface area contributed by atoms with Gasteiger partial charge in [-0.25, -0.2) is 4.79 Å². The molecule has 0 saturated heterocycles. The Morgan fingerprint density at radius 1 is 1.12 bits per heavy atom. The van der Waals surface area contributed by atoms with Gasteiger partial charge in [-0.2, -0.15) is 0 Å². The van der Waals surface area contributed by atoms with E-state index >= 15 is 0 Å². The van der Waals surface area contributed by atoms with E-state index in [1.165, 1.54) is 16.2 Å². The van der Waals surface area contributed by atoms with Crippen LogP contribution in [0.4, 0.5) is 11.5 Å². The number of carbonyl (C=O) groups excluding carboxylic acids is 1. The maximum atomic E-state index is 12.4. The third kappa shape index (κ3) is 3.77. The standard InChI is InChI=1S/C19H24N4O3/c1-5-22-17(16(20)18(25)23(6-2)19(22)26)21-15(24)10-9-14-8-7-12(3)13(4)11-14/h7-11H,5-6,20H2,1-4H3,(H,21,24)/b10-9+. The van der Waals surface area contributed by atoms with E-state index in [9.17, 15) is 14.4 Å². The molecule has 7 heteroatoms. The Hall–Kier alpha value is -3.09. The quantitative estimate of drug-likeness (QED) is 0.799.